The van der Waals surface area contributed by atoms with Gasteiger partial charge in [-0.25, -0.2) is 0 Å². The van der Waals surface area contributed by atoms with Gasteiger partial charge in [0.2, 0.25) is 0 Å². The summed E-state index contributed by atoms with van der Waals surface area (Å²) in [4.78, 5) is 22.2. The van der Waals surface area contributed by atoms with Crippen molar-refractivity contribution < 1.29 is 9.72 Å². The molecular formula is C13H18ClN3O3. The molecule has 1 fully saturated rings. The number of carbonyl (C=O) groups is 1. The molecule has 1 aliphatic rings. The Morgan fingerprint density at radius 1 is 1.50 bits per heavy atom. The van der Waals surface area contributed by atoms with E-state index >= 15 is 0 Å². The first kappa shape index (κ1) is 16.4. The van der Waals surface area contributed by atoms with Gasteiger partial charge in [-0.05, 0) is 37.3 Å². The normalized spacial score (nSPS) is 15.1. The van der Waals surface area contributed by atoms with Gasteiger partial charge in [-0.3, -0.25) is 14.9 Å². The molecule has 6 nitrogen and oxygen atoms in total. The lowest BCUT2D eigenvalue weighted by atomic mass is 10.1. The average molecular weight is 300 g/mol. The molecule has 1 unspecified atom stereocenters. The van der Waals surface area contributed by atoms with Crippen LogP contribution in [0.3, 0.4) is 0 Å². The molecule has 0 heterocycles. The molecule has 2 rings (SSSR count). The van der Waals surface area contributed by atoms with Gasteiger partial charge < -0.3 is 11.1 Å². The first-order chi connectivity index (χ1) is 8.97. The second-order valence-electron chi connectivity index (χ2n) is 5.03. The highest BCUT2D eigenvalue weighted by molar-refractivity contribution is 5.95. The number of carbonyl (C=O) groups excluding carboxylic acids is 1. The Morgan fingerprint density at radius 2 is 2.15 bits per heavy atom. The molecule has 0 radical (unpaired) electrons. The highest BCUT2D eigenvalue weighted by atomic mass is 35.5. The lowest BCUT2D eigenvalue weighted by molar-refractivity contribution is -0.384. The van der Waals surface area contributed by atoms with Crippen molar-refractivity contribution in [3.63, 3.8) is 0 Å². The van der Waals surface area contributed by atoms with Crippen LogP contribution in [0.15, 0.2) is 18.2 Å². The molecule has 0 spiro atoms. The van der Waals surface area contributed by atoms with Gasteiger partial charge in [0.15, 0.2) is 0 Å². The predicted molar refractivity (Wildman–Crippen MR) is 78.1 cm³/mol. The van der Waals surface area contributed by atoms with Crippen LogP contribution in [0, 0.1) is 23.0 Å². The Hall–Kier alpha value is -1.66. The predicted octanol–water partition coefficient (Wildman–Crippen LogP) is 1.79. The lowest BCUT2D eigenvalue weighted by Crippen LogP contribution is -2.38. The van der Waals surface area contributed by atoms with E-state index in [0.717, 1.165) is 12.8 Å². The van der Waals surface area contributed by atoms with E-state index in [4.69, 9.17) is 5.73 Å². The van der Waals surface area contributed by atoms with E-state index in [0.29, 0.717) is 23.6 Å². The summed E-state index contributed by atoms with van der Waals surface area (Å²) in [5, 5.41) is 13.5. The van der Waals surface area contributed by atoms with Gasteiger partial charge in [0.25, 0.3) is 11.6 Å². The van der Waals surface area contributed by atoms with Crippen molar-refractivity contribution in [1.29, 1.82) is 0 Å². The second kappa shape index (κ2) is 6.67. The van der Waals surface area contributed by atoms with E-state index < -0.39 is 4.92 Å². The number of nitrogens with one attached hydrogen (secondary N) is 1. The summed E-state index contributed by atoms with van der Waals surface area (Å²) in [6.07, 6.45) is 2.24. The van der Waals surface area contributed by atoms with Crippen LogP contribution < -0.4 is 11.1 Å². The largest absolute Gasteiger partial charge is 0.350 e. The summed E-state index contributed by atoms with van der Waals surface area (Å²) in [6, 6.07) is 4.33. The van der Waals surface area contributed by atoms with Gasteiger partial charge in [0.05, 0.1) is 4.92 Å². The number of hydrogen-bond donors (Lipinski definition) is 2. The van der Waals surface area contributed by atoms with Crippen LogP contribution in [0.5, 0.6) is 0 Å². The third-order valence-electron chi connectivity index (χ3n) is 3.26. The van der Waals surface area contributed by atoms with Crippen molar-refractivity contribution in [2.24, 2.45) is 11.7 Å². The molecule has 0 saturated heterocycles. The monoisotopic (exact) mass is 299 g/mol. The quantitative estimate of drug-likeness (QED) is 0.639. The van der Waals surface area contributed by atoms with Crippen LogP contribution in [-0.2, 0) is 0 Å². The van der Waals surface area contributed by atoms with Crippen molar-refractivity contribution in [2.75, 3.05) is 6.54 Å². The maximum absolute atomic E-state index is 11.9. The molecule has 3 N–H and O–H groups in total. The molecule has 7 heteroatoms. The first-order valence-corrected chi connectivity index (χ1v) is 6.27. The van der Waals surface area contributed by atoms with Gasteiger partial charge in [-0.15, -0.1) is 12.4 Å². The number of nitro groups is 1. The van der Waals surface area contributed by atoms with Crippen molar-refractivity contribution in [2.45, 2.75) is 25.8 Å². The van der Waals surface area contributed by atoms with Crippen LogP contribution in [0.4, 0.5) is 5.69 Å². The zero-order chi connectivity index (χ0) is 14.0. The van der Waals surface area contributed by atoms with Crippen LogP contribution >= 0.6 is 12.4 Å². The average Bonchev–Trinajstić information content (AvgIpc) is 3.18. The van der Waals surface area contributed by atoms with E-state index in [2.05, 4.69) is 5.32 Å². The lowest BCUT2D eigenvalue weighted by Gasteiger charge is -2.11. The summed E-state index contributed by atoms with van der Waals surface area (Å²) >= 11 is 0. The van der Waals surface area contributed by atoms with E-state index in [1.165, 1.54) is 12.1 Å². The topological polar surface area (TPSA) is 98.3 Å². The maximum atomic E-state index is 11.9. The SMILES string of the molecule is Cc1cc(C(=O)NCC(N)C2CC2)cc([N+](=O)[O-])c1.Cl. The molecule has 1 aromatic carbocycles. The number of aryl methyl sites for hydroxylation is 1. The van der Waals surface area contributed by atoms with Crippen molar-refractivity contribution in [3.8, 4) is 0 Å². The molecule has 20 heavy (non-hydrogen) atoms. The van der Waals surface area contributed by atoms with Gasteiger partial charge in [0, 0.05) is 30.3 Å². The van der Waals surface area contributed by atoms with Crippen LogP contribution in [0.2, 0.25) is 0 Å². The number of nitro benzene ring substituents is 1. The highest BCUT2D eigenvalue weighted by Gasteiger charge is 2.28. The van der Waals surface area contributed by atoms with E-state index in [1.807, 2.05) is 0 Å². The molecule has 0 aromatic heterocycles. The smallest absolute Gasteiger partial charge is 0.270 e. The number of halogens is 1. The standard InChI is InChI=1S/C13H17N3O3.ClH/c1-8-4-10(6-11(5-8)16(18)19)13(17)15-7-12(14)9-2-3-9;/h4-6,9,12H,2-3,7,14H2,1H3,(H,15,17);1H. The van der Waals surface area contributed by atoms with Crippen molar-refractivity contribution in [3.05, 3.63) is 39.4 Å². The Bertz CT molecular complexity index is 518. The number of hydrogen-bond acceptors (Lipinski definition) is 4. The third-order valence-corrected chi connectivity index (χ3v) is 3.26. The zero-order valence-electron chi connectivity index (χ0n) is 11.2. The summed E-state index contributed by atoms with van der Waals surface area (Å²) in [5.74, 6) is 0.190. The maximum Gasteiger partial charge on any atom is 0.270 e. The Balaban J connectivity index is 0.00000200. The zero-order valence-corrected chi connectivity index (χ0v) is 12.0. The number of non-ortho nitro benzene ring substituents is 1. The number of nitrogens with two attached hydrogens (primary N) is 1. The number of benzene rings is 1. The fraction of sp³-hybridized carbons (Fsp3) is 0.462. The van der Waals surface area contributed by atoms with Crippen LogP contribution in [0.1, 0.15) is 28.8 Å². The van der Waals surface area contributed by atoms with Crippen LogP contribution in [-0.4, -0.2) is 23.4 Å². The summed E-state index contributed by atoms with van der Waals surface area (Å²) < 4.78 is 0. The number of amides is 1. The second-order valence-corrected chi connectivity index (χ2v) is 5.03. The van der Waals surface area contributed by atoms with Gasteiger partial charge in [0.1, 0.15) is 0 Å². The van der Waals surface area contributed by atoms with E-state index in [-0.39, 0.29) is 30.0 Å². The Kier molecular flexibility index (Phi) is 5.47. The van der Waals surface area contributed by atoms with Gasteiger partial charge in [-0.2, -0.15) is 0 Å². The van der Waals surface area contributed by atoms with Crippen LogP contribution in [0.25, 0.3) is 0 Å². The molecule has 1 aliphatic carbocycles. The van der Waals surface area contributed by atoms with Gasteiger partial charge >= 0.3 is 0 Å². The molecule has 1 amide bonds. The Morgan fingerprint density at radius 3 is 2.70 bits per heavy atom. The minimum atomic E-state index is -0.500. The number of rotatable bonds is 5. The number of nitrogens with zero attached hydrogens (tertiary/aromatic N) is 1. The minimum absolute atomic E-state index is 0. The molecule has 0 aliphatic heterocycles. The highest BCUT2D eigenvalue weighted by Crippen LogP contribution is 2.31. The van der Waals surface area contributed by atoms with E-state index in [1.54, 1.807) is 13.0 Å². The third kappa shape index (κ3) is 4.18. The fourth-order valence-corrected chi connectivity index (χ4v) is 2.00. The molecular weight excluding hydrogens is 282 g/mol. The molecule has 1 atom stereocenters. The van der Waals surface area contributed by atoms with Crippen molar-refractivity contribution in [1.82, 2.24) is 5.32 Å². The van der Waals surface area contributed by atoms with Crippen molar-refractivity contribution >= 4 is 24.0 Å². The van der Waals surface area contributed by atoms with Gasteiger partial charge in [-0.1, -0.05) is 0 Å². The minimum Gasteiger partial charge on any atom is -0.350 e. The molecule has 1 saturated carbocycles. The summed E-state index contributed by atoms with van der Waals surface area (Å²) in [5.41, 5.74) is 6.80. The van der Waals surface area contributed by atoms with E-state index in [9.17, 15) is 14.9 Å². The fourth-order valence-electron chi connectivity index (χ4n) is 2.00. The summed E-state index contributed by atoms with van der Waals surface area (Å²) in [6.45, 7) is 2.13. The Labute approximate surface area is 123 Å². The molecule has 1 aromatic rings. The summed E-state index contributed by atoms with van der Waals surface area (Å²) in [7, 11) is 0. The first-order valence-electron chi connectivity index (χ1n) is 6.27. The molecule has 0 bridgehead atoms. The molecule has 110 valence electrons.